The highest BCUT2D eigenvalue weighted by molar-refractivity contribution is 6.07. The van der Waals surface area contributed by atoms with E-state index >= 15 is 0 Å². The average Bonchev–Trinajstić information content (AvgIpc) is 2.63. The molecule has 3 heteroatoms. The van der Waals surface area contributed by atoms with Crippen LogP contribution >= 0.6 is 0 Å². The molecule has 0 radical (unpaired) electrons. The molecule has 1 N–H and O–H groups in total. The fraction of sp³-hybridized carbons (Fsp3) is 0.667. The fourth-order valence-electron chi connectivity index (χ4n) is 3.57. The number of allylic oxidation sites excluding steroid dienone is 6. The summed E-state index contributed by atoms with van der Waals surface area (Å²) in [6.45, 7) is 13.6. The Morgan fingerprint density at radius 3 is 2.63 bits per heavy atom. The van der Waals surface area contributed by atoms with Gasteiger partial charge in [-0.1, -0.05) is 52.2 Å². The van der Waals surface area contributed by atoms with E-state index in [0.717, 1.165) is 62.6 Å². The summed E-state index contributed by atoms with van der Waals surface area (Å²) in [6, 6.07) is 0. The zero-order chi connectivity index (χ0) is 20.4. The molecule has 1 unspecified atom stereocenters. The number of unbranched alkanes of at least 4 members (excludes halogenated alkanes) is 2. The molecule has 0 fully saturated rings. The minimum absolute atomic E-state index is 0.00853. The predicted octanol–water partition coefficient (Wildman–Crippen LogP) is 5.77. The van der Waals surface area contributed by atoms with Crippen molar-refractivity contribution in [1.29, 1.82) is 0 Å². The number of rotatable bonds is 11. The number of carbonyl (C=O) groups is 2. The van der Waals surface area contributed by atoms with E-state index in [2.05, 4.69) is 46.0 Å². The molecule has 0 saturated heterocycles. The van der Waals surface area contributed by atoms with E-state index in [1.165, 1.54) is 5.57 Å². The maximum absolute atomic E-state index is 13.1. The van der Waals surface area contributed by atoms with Crippen molar-refractivity contribution < 1.29 is 9.59 Å². The van der Waals surface area contributed by atoms with E-state index in [4.69, 9.17) is 0 Å². The molecule has 0 bridgehead atoms. The Balaban J connectivity index is 3.10. The Labute approximate surface area is 166 Å². The average molecular weight is 374 g/mol. The van der Waals surface area contributed by atoms with Gasteiger partial charge in [0.25, 0.3) is 0 Å². The first kappa shape index (κ1) is 23.4. The molecular formula is C24H39NO2. The van der Waals surface area contributed by atoms with Crippen LogP contribution in [0.1, 0.15) is 80.1 Å². The number of carbonyl (C=O) groups excluding carboxylic acids is 2. The van der Waals surface area contributed by atoms with Gasteiger partial charge in [0.2, 0.25) is 0 Å². The third-order valence-electron chi connectivity index (χ3n) is 5.45. The van der Waals surface area contributed by atoms with Crippen LogP contribution in [-0.2, 0) is 9.59 Å². The second-order valence-electron chi connectivity index (χ2n) is 8.52. The minimum atomic E-state index is -0.00853. The van der Waals surface area contributed by atoms with Gasteiger partial charge >= 0.3 is 0 Å². The van der Waals surface area contributed by atoms with Gasteiger partial charge in [0.15, 0.2) is 5.78 Å². The van der Waals surface area contributed by atoms with Crippen LogP contribution in [0.25, 0.3) is 0 Å². The molecule has 0 aromatic rings. The van der Waals surface area contributed by atoms with Gasteiger partial charge in [0, 0.05) is 29.3 Å². The summed E-state index contributed by atoms with van der Waals surface area (Å²) in [4.78, 5) is 24.8. The normalized spacial score (nSPS) is 21.6. The molecule has 0 heterocycles. The first-order valence-corrected chi connectivity index (χ1v) is 10.6. The Morgan fingerprint density at radius 2 is 2.04 bits per heavy atom. The van der Waals surface area contributed by atoms with Gasteiger partial charge in [-0.2, -0.15) is 0 Å². The van der Waals surface area contributed by atoms with E-state index < -0.39 is 0 Å². The van der Waals surface area contributed by atoms with Gasteiger partial charge in [0.1, 0.15) is 6.29 Å². The quantitative estimate of drug-likeness (QED) is 0.216. The van der Waals surface area contributed by atoms with Gasteiger partial charge < -0.3 is 5.32 Å². The molecular weight excluding hydrogens is 334 g/mol. The number of nitrogens with one attached hydrogen (secondary N) is 1. The van der Waals surface area contributed by atoms with E-state index in [-0.39, 0.29) is 11.7 Å². The molecule has 1 aliphatic rings. The molecule has 3 nitrogen and oxygen atoms in total. The van der Waals surface area contributed by atoms with Gasteiger partial charge in [-0.25, -0.2) is 0 Å². The smallest absolute Gasteiger partial charge is 0.183 e. The molecule has 2 atom stereocenters. The standard InChI is InChI=1S/C24H39NO2/c1-7-8-9-10-22(20(6)25-15-17(2)3)24(27)14-21(16-26)23-13-18(4)11-12-19(23)5/h13-14,16-17,19,23,25H,7-12,15H2,1-6H3/b21-14+,22-20+/t19?,23-/m1/s1. The highest BCUT2D eigenvalue weighted by Crippen LogP contribution is 2.32. The second kappa shape index (κ2) is 11.9. The number of ketones is 1. The summed E-state index contributed by atoms with van der Waals surface area (Å²) in [6.07, 6.45) is 10.8. The van der Waals surface area contributed by atoms with Crippen LogP contribution in [0.3, 0.4) is 0 Å². The van der Waals surface area contributed by atoms with Crippen molar-refractivity contribution in [3.63, 3.8) is 0 Å². The van der Waals surface area contributed by atoms with E-state index in [1.807, 2.05) is 6.92 Å². The summed E-state index contributed by atoms with van der Waals surface area (Å²) in [7, 11) is 0. The van der Waals surface area contributed by atoms with E-state index in [1.54, 1.807) is 6.08 Å². The first-order valence-electron chi connectivity index (χ1n) is 10.6. The van der Waals surface area contributed by atoms with Crippen LogP contribution in [0.15, 0.2) is 34.6 Å². The van der Waals surface area contributed by atoms with Crippen LogP contribution in [0.2, 0.25) is 0 Å². The van der Waals surface area contributed by atoms with Crippen molar-refractivity contribution >= 4 is 12.1 Å². The molecule has 0 aliphatic heterocycles. The van der Waals surface area contributed by atoms with Gasteiger partial charge in [-0.3, -0.25) is 9.59 Å². The molecule has 0 saturated carbocycles. The maximum atomic E-state index is 13.1. The van der Waals surface area contributed by atoms with E-state index in [9.17, 15) is 9.59 Å². The summed E-state index contributed by atoms with van der Waals surface area (Å²) in [5.41, 5.74) is 3.71. The lowest BCUT2D eigenvalue weighted by Gasteiger charge is -2.26. The highest BCUT2D eigenvalue weighted by atomic mass is 16.1. The van der Waals surface area contributed by atoms with Crippen molar-refractivity contribution in [2.45, 2.75) is 80.1 Å². The zero-order valence-electron chi connectivity index (χ0n) is 18.2. The highest BCUT2D eigenvalue weighted by Gasteiger charge is 2.24. The van der Waals surface area contributed by atoms with Crippen molar-refractivity contribution in [1.82, 2.24) is 5.32 Å². The summed E-state index contributed by atoms with van der Waals surface area (Å²) < 4.78 is 0. The monoisotopic (exact) mass is 373 g/mol. The van der Waals surface area contributed by atoms with Crippen molar-refractivity contribution in [2.75, 3.05) is 6.54 Å². The largest absolute Gasteiger partial charge is 0.388 e. The third-order valence-corrected chi connectivity index (χ3v) is 5.45. The number of hydrogen-bond acceptors (Lipinski definition) is 3. The molecule has 1 aliphatic carbocycles. The van der Waals surface area contributed by atoms with Crippen molar-refractivity contribution in [3.8, 4) is 0 Å². The topological polar surface area (TPSA) is 46.2 Å². The summed E-state index contributed by atoms with van der Waals surface area (Å²) in [5.74, 6) is 0.960. The molecule has 0 aromatic carbocycles. The van der Waals surface area contributed by atoms with Crippen molar-refractivity contribution in [2.24, 2.45) is 17.8 Å². The lowest BCUT2D eigenvalue weighted by Crippen LogP contribution is -2.22. The Kier molecular flexibility index (Phi) is 10.4. The van der Waals surface area contributed by atoms with Crippen LogP contribution in [0.5, 0.6) is 0 Å². The number of hydrogen-bond donors (Lipinski definition) is 1. The van der Waals surface area contributed by atoms with Gasteiger partial charge in [-0.15, -0.1) is 0 Å². The lowest BCUT2D eigenvalue weighted by molar-refractivity contribution is -0.112. The van der Waals surface area contributed by atoms with Gasteiger partial charge in [-0.05, 0) is 57.4 Å². The van der Waals surface area contributed by atoms with Crippen molar-refractivity contribution in [3.05, 3.63) is 34.6 Å². The molecule has 0 amide bonds. The zero-order valence-corrected chi connectivity index (χ0v) is 18.2. The first-order chi connectivity index (χ1) is 12.8. The Bertz CT molecular complexity index is 596. The van der Waals surface area contributed by atoms with Gasteiger partial charge in [0.05, 0.1) is 0 Å². The molecule has 27 heavy (non-hydrogen) atoms. The predicted molar refractivity (Wildman–Crippen MR) is 114 cm³/mol. The van der Waals surface area contributed by atoms with Crippen LogP contribution in [0.4, 0.5) is 0 Å². The second-order valence-corrected chi connectivity index (χ2v) is 8.52. The summed E-state index contributed by atoms with van der Waals surface area (Å²) in [5, 5.41) is 3.41. The fourth-order valence-corrected chi connectivity index (χ4v) is 3.57. The van der Waals surface area contributed by atoms with E-state index in [0.29, 0.717) is 17.4 Å². The Hall–Kier alpha value is -1.64. The Morgan fingerprint density at radius 1 is 1.33 bits per heavy atom. The van der Waals surface area contributed by atoms with Crippen LogP contribution in [-0.4, -0.2) is 18.6 Å². The van der Waals surface area contributed by atoms with Crippen LogP contribution < -0.4 is 5.32 Å². The summed E-state index contributed by atoms with van der Waals surface area (Å²) >= 11 is 0. The minimum Gasteiger partial charge on any atom is -0.388 e. The lowest BCUT2D eigenvalue weighted by atomic mass is 9.78. The third kappa shape index (κ3) is 7.86. The molecule has 0 aromatic heterocycles. The SMILES string of the molecule is CCCCC/C(C(=O)/C=C(\C=O)[C@@H]1C=C(C)CCC1C)=C(/C)NCC(C)C. The molecule has 152 valence electrons. The maximum Gasteiger partial charge on any atom is 0.183 e. The molecule has 1 rings (SSSR count). The molecule has 0 spiro atoms. The van der Waals surface area contributed by atoms with Crippen LogP contribution in [0, 0.1) is 17.8 Å². The number of aldehydes is 1.